The number of nitrogens with one attached hydrogen (secondary N) is 1. The van der Waals surface area contributed by atoms with Gasteiger partial charge in [-0.1, -0.05) is 18.2 Å². The van der Waals surface area contributed by atoms with E-state index in [1.165, 1.54) is 24.1 Å². The monoisotopic (exact) mass is 235 g/mol. The number of para-hydroxylation sites is 1. The van der Waals surface area contributed by atoms with Gasteiger partial charge in [-0.25, -0.2) is 0 Å². The van der Waals surface area contributed by atoms with E-state index in [1.807, 2.05) is 6.07 Å². The summed E-state index contributed by atoms with van der Waals surface area (Å²) in [5, 5.41) is 3.53. The average molecular weight is 235 g/mol. The molecule has 0 spiro atoms. The van der Waals surface area contributed by atoms with Crippen LogP contribution >= 0.6 is 0 Å². The summed E-state index contributed by atoms with van der Waals surface area (Å²) in [6.45, 7) is 3.51. The van der Waals surface area contributed by atoms with Crippen molar-refractivity contribution in [3.05, 3.63) is 29.8 Å². The van der Waals surface area contributed by atoms with Crippen molar-refractivity contribution < 1.29 is 9.47 Å². The van der Waals surface area contributed by atoms with Gasteiger partial charge >= 0.3 is 0 Å². The quantitative estimate of drug-likeness (QED) is 0.851. The Bertz CT molecular complexity index is 335. The number of ether oxygens (including phenoxy) is 2. The van der Waals surface area contributed by atoms with Crippen LogP contribution in [0.1, 0.15) is 18.4 Å². The second kappa shape index (κ2) is 6.62. The largest absolute Gasteiger partial charge is 0.384 e. The Morgan fingerprint density at radius 1 is 1.29 bits per heavy atom. The zero-order valence-corrected chi connectivity index (χ0v) is 10.4. The minimum atomic E-state index is 0.664. The first-order valence-electron chi connectivity index (χ1n) is 6.28. The first-order valence-corrected chi connectivity index (χ1v) is 6.28. The van der Waals surface area contributed by atoms with Crippen molar-refractivity contribution in [3.8, 4) is 0 Å². The Morgan fingerprint density at radius 2 is 2.06 bits per heavy atom. The van der Waals surface area contributed by atoms with E-state index in [1.54, 1.807) is 7.11 Å². The molecule has 1 fully saturated rings. The van der Waals surface area contributed by atoms with Crippen LogP contribution in [0.3, 0.4) is 0 Å². The molecule has 94 valence electrons. The summed E-state index contributed by atoms with van der Waals surface area (Å²) in [5.74, 6) is 0.736. The summed E-state index contributed by atoms with van der Waals surface area (Å²) in [7, 11) is 1.73. The Morgan fingerprint density at radius 3 is 2.82 bits per heavy atom. The van der Waals surface area contributed by atoms with Crippen LogP contribution in [0.4, 0.5) is 5.69 Å². The Balaban J connectivity index is 1.88. The summed E-state index contributed by atoms with van der Waals surface area (Å²) < 4.78 is 10.6. The van der Waals surface area contributed by atoms with Crippen LogP contribution in [0.2, 0.25) is 0 Å². The first kappa shape index (κ1) is 12.4. The zero-order valence-electron chi connectivity index (χ0n) is 10.4. The molecule has 1 aromatic carbocycles. The molecule has 0 unspecified atom stereocenters. The standard InChI is InChI=1S/C14H21NO2/c1-16-11-13-4-2-3-5-14(13)15-10-12-6-8-17-9-7-12/h2-5,12,15H,6-11H2,1H3. The topological polar surface area (TPSA) is 30.5 Å². The number of hydrogen-bond donors (Lipinski definition) is 1. The molecular weight excluding hydrogens is 214 g/mol. The van der Waals surface area contributed by atoms with Gasteiger partial charge in [-0.15, -0.1) is 0 Å². The molecular formula is C14H21NO2. The summed E-state index contributed by atoms with van der Waals surface area (Å²) >= 11 is 0. The number of rotatable bonds is 5. The molecule has 1 aromatic rings. The van der Waals surface area contributed by atoms with Gasteiger partial charge in [-0.2, -0.15) is 0 Å². The normalized spacial score (nSPS) is 17.0. The van der Waals surface area contributed by atoms with E-state index in [-0.39, 0.29) is 0 Å². The van der Waals surface area contributed by atoms with Crippen LogP contribution in [-0.2, 0) is 16.1 Å². The number of anilines is 1. The molecule has 0 radical (unpaired) electrons. The van der Waals surface area contributed by atoms with Crippen LogP contribution in [-0.4, -0.2) is 26.9 Å². The van der Waals surface area contributed by atoms with Gasteiger partial charge in [0.05, 0.1) is 6.61 Å². The second-order valence-electron chi connectivity index (χ2n) is 4.53. The van der Waals surface area contributed by atoms with E-state index < -0.39 is 0 Å². The van der Waals surface area contributed by atoms with Crippen molar-refractivity contribution in [2.45, 2.75) is 19.4 Å². The van der Waals surface area contributed by atoms with E-state index in [0.717, 1.165) is 25.7 Å². The predicted molar refractivity (Wildman–Crippen MR) is 69.2 cm³/mol. The summed E-state index contributed by atoms with van der Waals surface area (Å²) in [6, 6.07) is 8.34. The van der Waals surface area contributed by atoms with Crippen molar-refractivity contribution in [3.63, 3.8) is 0 Å². The summed E-state index contributed by atoms with van der Waals surface area (Å²) in [5.41, 5.74) is 2.42. The molecule has 1 aliphatic rings. The number of methoxy groups -OCH3 is 1. The van der Waals surface area contributed by atoms with Crippen LogP contribution < -0.4 is 5.32 Å². The minimum Gasteiger partial charge on any atom is -0.384 e. The summed E-state index contributed by atoms with van der Waals surface area (Å²) in [4.78, 5) is 0. The fourth-order valence-electron chi connectivity index (χ4n) is 2.18. The minimum absolute atomic E-state index is 0.664. The average Bonchev–Trinajstić information content (AvgIpc) is 2.39. The van der Waals surface area contributed by atoms with Crippen LogP contribution in [0.15, 0.2) is 24.3 Å². The van der Waals surface area contributed by atoms with Gasteiger partial charge in [0.1, 0.15) is 0 Å². The van der Waals surface area contributed by atoms with Gasteiger partial charge in [0.15, 0.2) is 0 Å². The third-order valence-electron chi connectivity index (χ3n) is 3.24. The fraction of sp³-hybridized carbons (Fsp3) is 0.571. The molecule has 2 rings (SSSR count). The van der Waals surface area contributed by atoms with E-state index in [0.29, 0.717) is 6.61 Å². The van der Waals surface area contributed by atoms with Crippen molar-refractivity contribution >= 4 is 5.69 Å². The molecule has 1 heterocycles. The van der Waals surface area contributed by atoms with E-state index in [4.69, 9.17) is 9.47 Å². The number of hydrogen-bond acceptors (Lipinski definition) is 3. The van der Waals surface area contributed by atoms with Gasteiger partial charge < -0.3 is 14.8 Å². The van der Waals surface area contributed by atoms with Gasteiger partial charge in [0.2, 0.25) is 0 Å². The fourth-order valence-corrected chi connectivity index (χ4v) is 2.18. The molecule has 0 aliphatic carbocycles. The molecule has 0 saturated carbocycles. The maximum atomic E-state index is 5.37. The van der Waals surface area contributed by atoms with Gasteiger partial charge in [0, 0.05) is 38.1 Å². The molecule has 1 saturated heterocycles. The smallest absolute Gasteiger partial charge is 0.0733 e. The lowest BCUT2D eigenvalue weighted by Crippen LogP contribution is -2.23. The maximum absolute atomic E-state index is 5.37. The van der Waals surface area contributed by atoms with Gasteiger partial charge in [-0.05, 0) is 24.8 Å². The Labute approximate surface area is 103 Å². The molecule has 0 aromatic heterocycles. The highest BCUT2D eigenvalue weighted by molar-refractivity contribution is 5.50. The lowest BCUT2D eigenvalue weighted by atomic mass is 10.00. The highest BCUT2D eigenvalue weighted by Gasteiger charge is 2.13. The molecule has 0 atom stereocenters. The highest BCUT2D eigenvalue weighted by Crippen LogP contribution is 2.19. The van der Waals surface area contributed by atoms with Crippen LogP contribution in [0.25, 0.3) is 0 Å². The third kappa shape index (κ3) is 3.72. The lowest BCUT2D eigenvalue weighted by Gasteiger charge is -2.23. The van der Waals surface area contributed by atoms with Crippen LogP contribution in [0, 0.1) is 5.92 Å². The van der Waals surface area contributed by atoms with Gasteiger partial charge in [0.25, 0.3) is 0 Å². The molecule has 3 nitrogen and oxygen atoms in total. The highest BCUT2D eigenvalue weighted by atomic mass is 16.5. The molecule has 3 heteroatoms. The first-order chi connectivity index (χ1) is 8.40. The van der Waals surface area contributed by atoms with E-state index in [2.05, 4.69) is 23.5 Å². The lowest BCUT2D eigenvalue weighted by molar-refractivity contribution is 0.0699. The van der Waals surface area contributed by atoms with E-state index in [9.17, 15) is 0 Å². The molecule has 0 bridgehead atoms. The SMILES string of the molecule is COCc1ccccc1NCC1CCOCC1. The molecule has 1 N–H and O–H groups in total. The van der Waals surface area contributed by atoms with Gasteiger partial charge in [-0.3, -0.25) is 0 Å². The third-order valence-corrected chi connectivity index (χ3v) is 3.24. The Kier molecular flexibility index (Phi) is 4.83. The van der Waals surface area contributed by atoms with Crippen molar-refractivity contribution in [2.24, 2.45) is 5.92 Å². The molecule has 1 aliphatic heterocycles. The zero-order chi connectivity index (χ0) is 11.9. The second-order valence-corrected chi connectivity index (χ2v) is 4.53. The van der Waals surface area contributed by atoms with Crippen molar-refractivity contribution in [1.82, 2.24) is 0 Å². The van der Waals surface area contributed by atoms with Crippen LogP contribution in [0.5, 0.6) is 0 Å². The van der Waals surface area contributed by atoms with Crippen molar-refractivity contribution in [1.29, 1.82) is 0 Å². The number of benzene rings is 1. The van der Waals surface area contributed by atoms with E-state index >= 15 is 0 Å². The van der Waals surface area contributed by atoms with Crippen molar-refractivity contribution in [2.75, 3.05) is 32.2 Å². The molecule has 0 amide bonds. The maximum Gasteiger partial charge on any atom is 0.0733 e. The Hall–Kier alpha value is -1.06. The molecule has 17 heavy (non-hydrogen) atoms. The summed E-state index contributed by atoms with van der Waals surface area (Å²) in [6.07, 6.45) is 2.33. The predicted octanol–water partition coefficient (Wildman–Crippen LogP) is 2.67.